The number of pyridine rings is 2. The predicted octanol–water partition coefficient (Wildman–Crippen LogP) is 2.27. The van der Waals surface area contributed by atoms with Crippen LogP contribution in [0.5, 0.6) is 0 Å². The van der Waals surface area contributed by atoms with Crippen molar-refractivity contribution in [2.45, 2.75) is 50.7 Å². The molecule has 0 spiro atoms. The van der Waals surface area contributed by atoms with Gasteiger partial charge in [0.05, 0.1) is 5.52 Å². The van der Waals surface area contributed by atoms with Gasteiger partial charge in [0.15, 0.2) is 5.82 Å². The highest BCUT2D eigenvalue weighted by molar-refractivity contribution is 5.88. The summed E-state index contributed by atoms with van der Waals surface area (Å²) in [7, 11) is 2.25. The Morgan fingerprint density at radius 3 is 2.77 bits per heavy atom. The molecule has 4 heterocycles. The van der Waals surface area contributed by atoms with Gasteiger partial charge in [-0.25, -0.2) is 4.98 Å². The first-order valence-corrected chi connectivity index (χ1v) is 8.09. The van der Waals surface area contributed by atoms with Crippen molar-refractivity contribution in [3.8, 4) is 0 Å². The van der Waals surface area contributed by atoms with Gasteiger partial charge in [0.25, 0.3) is 5.56 Å². The molecule has 4 rings (SSSR count). The van der Waals surface area contributed by atoms with E-state index in [0.29, 0.717) is 18.1 Å². The Balaban J connectivity index is 1.65. The van der Waals surface area contributed by atoms with E-state index in [2.05, 4.69) is 27.2 Å². The number of piperidine rings is 1. The van der Waals surface area contributed by atoms with Gasteiger partial charge < -0.3 is 15.2 Å². The van der Waals surface area contributed by atoms with Crippen molar-refractivity contribution in [3.05, 3.63) is 34.2 Å². The third-order valence-electron chi connectivity index (χ3n) is 5.39. The van der Waals surface area contributed by atoms with Crippen LogP contribution < -0.4 is 10.9 Å². The molecule has 2 saturated heterocycles. The van der Waals surface area contributed by atoms with Crippen LogP contribution in [0.2, 0.25) is 0 Å². The third-order valence-corrected chi connectivity index (χ3v) is 5.39. The normalized spacial score (nSPS) is 28.2. The summed E-state index contributed by atoms with van der Waals surface area (Å²) in [6.45, 7) is 1.83. The van der Waals surface area contributed by atoms with Crippen LogP contribution in [0.4, 0.5) is 5.82 Å². The molecule has 5 nitrogen and oxygen atoms in total. The summed E-state index contributed by atoms with van der Waals surface area (Å²) in [5.41, 5.74) is 1.53. The number of fused-ring (bicyclic) bond motifs is 3. The molecule has 2 aromatic heterocycles. The largest absolute Gasteiger partial charge is 0.365 e. The standard InChI is InChI=1S/C17H22N4O/c1-10-7-11-5-6-18-16(15(11)20-17(10)22)19-12-8-13-3-4-14(9-12)21(13)2/h5-7,12-14H,3-4,8-9H2,1-2H3,(H,18,19)(H,20,22)/t12?,13-,14+. The molecule has 0 saturated carbocycles. The minimum atomic E-state index is -0.0352. The second-order valence-electron chi connectivity index (χ2n) is 6.77. The highest BCUT2D eigenvalue weighted by Gasteiger charge is 2.38. The first-order valence-electron chi connectivity index (χ1n) is 8.09. The van der Waals surface area contributed by atoms with Gasteiger partial charge in [-0.1, -0.05) is 0 Å². The number of aromatic amines is 1. The van der Waals surface area contributed by atoms with Crippen molar-refractivity contribution >= 4 is 16.7 Å². The maximum Gasteiger partial charge on any atom is 0.251 e. The van der Waals surface area contributed by atoms with E-state index in [9.17, 15) is 4.79 Å². The SMILES string of the molecule is Cc1cc2ccnc(NC3C[C@H]4CC[C@@H](C3)N4C)c2[nH]c1=O. The lowest BCUT2D eigenvalue weighted by Gasteiger charge is -2.36. The molecule has 2 fully saturated rings. The van der Waals surface area contributed by atoms with Crippen molar-refractivity contribution in [2.24, 2.45) is 0 Å². The van der Waals surface area contributed by atoms with E-state index in [0.717, 1.165) is 35.1 Å². The zero-order valence-electron chi connectivity index (χ0n) is 13.1. The summed E-state index contributed by atoms with van der Waals surface area (Å²) >= 11 is 0. The molecule has 5 heteroatoms. The molecule has 0 aromatic carbocycles. The Kier molecular flexibility index (Phi) is 3.18. The monoisotopic (exact) mass is 298 g/mol. The second-order valence-corrected chi connectivity index (χ2v) is 6.77. The van der Waals surface area contributed by atoms with Crippen molar-refractivity contribution < 1.29 is 0 Å². The molecule has 2 aliphatic heterocycles. The number of aryl methyl sites for hydroxylation is 1. The molecule has 0 amide bonds. The molecule has 3 atom stereocenters. The van der Waals surface area contributed by atoms with Crippen molar-refractivity contribution in [3.63, 3.8) is 0 Å². The average molecular weight is 298 g/mol. The lowest BCUT2D eigenvalue weighted by Crippen LogP contribution is -2.44. The van der Waals surface area contributed by atoms with Crippen LogP contribution in [0, 0.1) is 6.92 Å². The minimum absolute atomic E-state index is 0.0352. The molecule has 0 radical (unpaired) electrons. The number of H-pyrrole nitrogens is 1. The van der Waals surface area contributed by atoms with E-state index in [1.165, 1.54) is 12.8 Å². The fourth-order valence-corrected chi connectivity index (χ4v) is 4.07. The molecule has 0 aliphatic carbocycles. The quantitative estimate of drug-likeness (QED) is 0.893. The fourth-order valence-electron chi connectivity index (χ4n) is 4.07. The molecule has 22 heavy (non-hydrogen) atoms. The van der Waals surface area contributed by atoms with Crippen molar-refractivity contribution in [2.75, 3.05) is 12.4 Å². The lowest BCUT2D eigenvalue weighted by atomic mass is 9.98. The van der Waals surface area contributed by atoms with Crippen LogP contribution in [-0.4, -0.2) is 40.0 Å². The van der Waals surface area contributed by atoms with Crippen LogP contribution in [0.15, 0.2) is 23.1 Å². The molecule has 2 N–H and O–H groups in total. The van der Waals surface area contributed by atoms with E-state index < -0.39 is 0 Å². The van der Waals surface area contributed by atoms with Crippen molar-refractivity contribution in [1.82, 2.24) is 14.9 Å². The molecular formula is C17H22N4O. The van der Waals surface area contributed by atoms with Gasteiger partial charge in [-0.3, -0.25) is 4.79 Å². The van der Waals surface area contributed by atoms with Gasteiger partial charge in [0.2, 0.25) is 0 Å². The van der Waals surface area contributed by atoms with Gasteiger partial charge in [0.1, 0.15) is 0 Å². The van der Waals surface area contributed by atoms with E-state index in [4.69, 9.17) is 0 Å². The van der Waals surface area contributed by atoms with E-state index >= 15 is 0 Å². The maximum absolute atomic E-state index is 11.9. The summed E-state index contributed by atoms with van der Waals surface area (Å²) in [6, 6.07) is 5.69. The van der Waals surface area contributed by atoms with E-state index in [1.807, 2.05) is 25.3 Å². The van der Waals surface area contributed by atoms with Crippen LogP contribution in [0.25, 0.3) is 10.9 Å². The number of nitrogens with zero attached hydrogens (tertiary/aromatic N) is 2. The number of hydrogen-bond acceptors (Lipinski definition) is 4. The molecule has 1 unspecified atom stereocenters. The number of nitrogens with one attached hydrogen (secondary N) is 2. The third kappa shape index (κ3) is 2.20. The van der Waals surface area contributed by atoms with Gasteiger partial charge in [-0.15, -0.1) is 0 Å². The number of hydrogen-bond donors (Lipinski definition) is 2. The first kappa shape index (κ1) is 13.8. The molecular weight excluding hydrogens is 276 g/mol. The summed E-state index contributed by atoms with van der Waals surface area (Å²) in [5.74, 6) is 0.809. The van der Waals surface area contributed by atoms with Gasteiger partial charge in [-0.2, -0.15) is 0 Å². The Morgan fingerprint density at radius 1 is 1.32 bits per heavy atom. The molecule has 116 valence electrons. The fraction of sp³-hybridized carbons (Fsp3) is 0.529. The number of rotatable bonds is 2. The van der Waals surface area contributed by atoms with Crippen LogP contribution in [-0.2, 0) is 0 Å². The zero-order chi connectivity index (χ0) is 15.3. The van der Waals surface area contributed by atoms with Gasteiger partial charge in [-0.05, 0) is 51.8 Å². The van der Waals surface area contributed by atoms with Crippen molar-refractivity contribution in [1.29, 1.82) is 0 Å². The van der Waals surface area contributed by atoms with E-state index in [-0.39, 0.29) is 5.56 Å². The Bertz CT molecular complexity index is 755. The van der Waals surface area contributed by atoms with Crippen LogP contribution >= 0.6 is 0 Å². The maximum atomic E-state index is 11.9. The Labute approximate surface area is 129 Å². The zero-order valence-corrected chi connectivity index (χ0v) is 13.1. The van der Waals surface area contributed by atoms with Crippen LogP contribution in [0.1, 0.15) is 31.2 Å². The van der Waals surface area contributed by atoms with Crippen LogP contribution in [0.3, 0.4) is 0 Å². The highest BCUT2D eigenvalue weighted by Crippen LogP contribution is 2.35. The molecule has 2 aromatic rings. The lowest BCUT2D eigenvalue weighted by molar-refractivity contribution is 0.169. The average Bonchev–Trinajstić information content (AvgIpc) is 2.72. The summed E-state index contributed by atoms with van der Waals surface area (Å²) in [4.78, 5) is 21.9. The Morgan fingerprint density at radius 2 is 2.05 bits per heavy atom. The van der Waals surface area contributed by atoms with E-state index in [1.54, 1.807) is 0 Å². The summed E-state index contributed by atoms with van der Waals surface area (Å²) in [5, 5.41) is 4.62. The topological polar surface area (TPSA) is 61.0 Å². The Hall–Kier alpha value is -1.88. The smallest absolute Gasteiger partial charge is 0.251 e. The minimum Gasteiger partial charge on any atom is -0.365 e. The highest BCUT2D eigenvalue weighted by atomic mass is 16.1. The number of aromatic nitrogens is 2. The molecule has 2 bridgehead atoms. The summed E-state index contributed by atoms with van der Waals surface area (Å²) in [6.07, 6.45) is 6.73. The second kappa shape index (κ2) is 5.09. The molecule has 2 aliphatic rings. The number of anilines is 1. The van der Waals surface area contributed by atoms with Gasteiger partial charge >= 0.3 is 0 Å². The summed E-state index contributed by atoms with van der Waals surface area (Å²) < 4.78 is 0. The predicted molar refractivity (Wildman–Crippen MR) is 88.3 cm³/mol. The first-order chi connectivity index (χ1) is 10.6. The van der Waals surface area contributed by atoms with Gasteiger partial charge in [0, 0.05) is 35.3 Å².